The lowest BCUT2D eigenvalue weighted by Crippen LogP contribution is -2.31. The van der Waals surface area contributed by atoms with Crippen LogP contribution in [0.1, 0.15) is 121 Å². The number of carbonyl (C=O) groups is 2. The lowest BCUT2D eigenvalue weighted by molar-refractivity contribution is 0.0684. The highest BCUT2D eigenvalue weighted by atomic mass is 16.5. The molecule has 0 radical (unpaired) electrons. The van der Waals surface area contributed by atoms with Crippen LogP contribution in [0.15, 0.2) is 46.2 Å². The van der Waals surface area contributed by atoms with E-state index in [-0.39, 0.29) is 11.5 Å². The van der Waals surface area contributed by atoms with Crippen LogP contribution in [0.3, 0.4) is 0 Å². The molecule has 300 valence electrons. The number of nitrogens with zero attached hydrogens (tertiary/aromatic N) is 8. The zero-order valence-corrected chi connectivity index (χ0v) is 32.3. The zero-order chi connectivity index (χ0) is 39.1. The highest BCUT2D eigenvalue weighted by molar-refractivity contribution is 5.96. The third kappa shape index (κ3) is 8.55. The topological polar surface area (TPSA) is 222 Å². The average molecular weight is 778 g/mol. The van der Waals surface area contributed by atoms with Gasteiger partial charge in [-0.05, 0) is 43.4 Å². The fraction of sp³-hybridized carbons (Fsp3) is 0.512. The van der Waals surface area contributed by atoms with Gasteiger partial charge in [-0.15, -0.1) is 0 Å². The molecule has 2 aliphatic carbocycles. The number of hydrogen-bond donors (Lipinski definition) is 4. The number of carboxylic acid groups (broad SMARTS) is 1. The third-order valence-corrected chi connectivity index (χ3v) is 11.9. The molecule has 0 spiro atoms. The Labute approximate surface area is 330 Å². The number of aromatic nitrogens is 8. The molecular weight excluding hydrogens is 727 g/mol. The molecule has 6 aromatic heterocycles. The lowest BCUT2D eigenvalue weighted by Gasteiger charge is -2.27. The van der Waals surface area contributed by atoms with Gasteiger partial charge in [0.15, 0.2) is 17.2 Å². The molecule has 0 atom stereocenters. The smallest absolute Gasteiger partial charge is 0.358 e. The van der Waals surface area contributed by atoms with Gasteiger partial charge in [-0.2, -0.15) is 0 Å². The summed E-state index contributed by atoms with van der Waals surface area (Å²) in [6, 6.07) is 3.90. The lowest BCUT2D eigenvalue weighted by atomic mass is 9.97. The van der Waals surface area contributed by atoms with Crippen LogP contribution in [0.5, 0.6) is 0 Å². The van der Waals surface area contributed by atoms with E-state index in [1.807, 2.05) is 23.2 Å². The van der Waals surface area contributed by atoms with Crippen molar-refractivity contribution in [3.63, 3.8) is 0 Å². The molecule has 4 aliphatic rings. The van der Waals surface area contributed by atoms with Crippen LogP contribution in [-0.4, -0.2) is 76.7 Å². The van der Waals surface area contributed by atoms with Gasteiger partial charge >= 0.3 is 5.97 Å². The molecule has 10 rings (SSSR count). The van der Waals surface area contributed by atoms with Crippen molar-refractivity contribution in [3.05, 3.63) is 71.2 Å². The van der Waals surface area contributed by atoms with Crippen molar-refractivity contribution >= 4 is 45.5 Å². The predicted molar refractivity (Wildman–Crippen MR) is 213 cm³/mol. The molecule has 16 heteroatoms. The van der Waals surface area contributed by atoms with E-state index in [1.54, 1.807) is 12.5 Å². The van der Waals surface area contributed by atoms with Gasteiger partial charge in [0.1, 0.15) is 47.1 Å². The Balaban J connectivity index is 0.000000137. The molecule has 57 heavy (non-hydrogen) atoms. The van der Waals surface area contributed by atoms with E-state index < -0.39 is 5.97 Å². The van der Waals surface area contributed by atoms with E-state index in [2.05, 4.69) is 45.1 Å². The maximum Gasteiger partial charge on any atom is 0.358 e. The third-order valence-electron chi connectivity index (χ3n) is 11.9. The standard InChI is InChI=1S/C21H25N5O2.C13H11N5O3.C7H15N/c27-17(7-3-6-14-4-1-2-5-14)19-16-12-26(11-9-18(16)28-25-19)21-15-8-10-22-20(15)23-13-24-21;19-13(20)10-8-5-18(4-2-9(8)21-17-10)12-7-1-3-14-11(7)15-6-16-12;8-6-5-7-3-1-2-4-7/h8,10,13-14H,1-7,9,11-12H2,(H,22,23,24);1,3,6H,2,4-5H2,(H,19,20)(H,14,15,16);7H,1-6,8H2. The first-order chi connectivity index (χ1) is 28.0. The van der Waals surface area contributed by atoms with E-state index in [0.29, 0.717) is 49.5 Å². The Morgan fingerprint density at radius 2 is 1.25 bits per heavy atom. The molecule has 0 bridgehead atoms. The number of carbonyl (C=O) groups excluding carboxylic acids is 1. The van der Waals surface area contributed by atoms with E-state index in [0.717, 1.165) is 89.2 Å². The first-order valence-electron chi connectivity index (χ1n) is 20.4. The van der Waals surface area contributed by atoms with Gasteiger partial charge < -0.3 is 39.7 Å². The summed E-state index contributed by atoms with van der Waals surface area (Å²) in [4.78, 5) is 51.6. The second kappa shape index (κ2) is 17.7. The number of rotatable bonds is 10. The first kappa shape index (κ1) is 38.2. The van der Waals surface area contributed by atoms with Gasteiger partial charge in [-0.1, -0.05) is 68.1 Å². The number of hydrogen-bond acceptors (Lipinski definition) is 13. The van der Waals surface area contributed by atoms with Crippen LogP contribution in [0.4, 0.5) is 11.6 Å². The second-order valence-electron chi connectivity index (χ2n) is 15.6. The highest BCUT2D eigenvalue weighted by Gasteiger charge is 2.30. The average Bonchev–Trinajstić information content (AvgIpc) is 4.09. The van der Waals surface area contributed by atoms with Gasteiger partial charge in [-0.3, -0.25) is 4.79 Å². The molecule has 0 saturated heterocycles. The molecule has 6 aromatic rings. The quantitative estimate of drug-likeness (QED) is 0.105. The SMILES string of the molecule is NCCC1CCCC1.O=C(CCCC1CCCC1)c1noc2c1CN(c1ncnc3[nH]ccc13)CC2.O=C(O)c1noc2c1CN(c1ncnc3[nH]ccc13)CC2. The maximum atomic E-state index is 12.8. The number of ketones is 1. The molecule has 8 heterocycles. The number of fused-ring (bicyclic) bond motifs is 4. The second-order valence-corrected chi connectivity index (χ2v) is 15.6. The van der Waals surface area contributed by atoms with Gasteiger partial charge in [0, 0.05) is 55.9 Å². The molecule has 0 unspecified atom stereocenters. The number of H-pyrrole nitrogens is 2. The minimum atomic E-state index is -1.07. The number of nitrogens with one attached hydrogen (secondary N) is 2. The minimum Gasteiger partial charge on any atom is -0.476 e. The van der Waals surface area contributed by atoms with Crippen LogP contribution in [0.2, 0.25) is 0 Å². The summed E-state index contributed by atoms with van der Waals surface area (Å²) in [7, 11) is 0. The number of nitrogens with two attached hydrogens (primary N) is 1. The molecule has 2 aliphatic heterocycles. The molecular formula is C41H51N11O5. The van der Waals surface area contributed by atoms with Crippen LogP contribution < -0.4 is 15.5 Å². The van der Waals surface area contributed by atoms with E-state index in [9.17, 15) is 9.59 Å². The first-order valence-corrected chi connectivity index (χ1v) is 20.4. The Bertz CT molecular complexity index is 2280. The van der Waals surface area contributed by atoms with Crippen LogP contribution in [0, 0.1) is 11.8 Å². The maximum absolute atomic E-state index is 12.8. The van der Waals surface area contributed by atoms with Crippen LogP contribution >= 0.6 is 0 Å². The van der Waals surface area contributed by atoms with E-state index in [4.69, 9.17) is 19.9 Å². The fourth-order valence-corrected chi connectivity index (χ4v) is 8.89. The number of Topliss-reactive ketones (excluding diaryl/α,β-unsaturated/α-hetero) is 1. The van der Waals surface area contributed by atoms with Crippen molar-refractivity contribution in [1.29, 1.82) is 0 Å². The Kier molecular flexibility index (Phi) is 11.8. The van der Waals surface area contributed by atoms with E-state index in [1.165, 1.54) is 64.1 Å². The monoisotopic (exact) mass is 777 g/mol. The number of aromatic carboxylic acids is 1. The van der Waals surface area contributed by atoms with Crippen molar-refractivity contribution in [2.45, 2.75) is 103 Å². The fourth-order valence-electron chi connectivity index (χ4n) is 8.89. The summed E-state index contributed by atoms with van der Waals surface area (Å²) in [6.07, 6.45) is 23.2. The molecule has 2 fully saturated rings. The Morgan fingerprint density at radius 1 is 0.737 bits per heavy atom. The number of aromatic amines is 2. The molecule has 0 aromatic carbocycles. The van der Waals surface area contributed by atoms with E-state index >= 15 is 0 Å². The molecule has 0 amide bonds. The van der Waals surface area contributed by atoms with Crippen molar-refractivity contribution in [2.75, 3.05) is 29.4 Å². The van der Waals surface area contributed by atoms with Gasteiger partial charge in [0.2, 0.25) is 0 Å². The summed E-state index contributed by atoms with van der Waals surface area (Å²) >= 11 is 0. The normalized spacial score (nSPS) is 16.9. The van der Waals surface area contributed by atoms with Gasteiger partial charge in [0.05, 0.1) is 23.9 Å². The highest BCUT2D eigenvalue weighted by Crippen LogP contribution is 2.33. The minimum absolute atomic E-state index is 0.0194. The summed E-state index contributed by atoms with van der Waals surface area (Å²) in [5.74, 6) is 3.99. The number of carboxylic acids is 1. The largest absolute Gasteiger partial charge is 0.476 e. The Morgan fingerprint density at radius 3 is 1.77 bits per heavy atom. The Hall–Kier alpha value is -5.64. The van der Waals surface area contributed by atoms with Gasteiger partial charge in [0.25, 0.3) is 0 Å². The summed E-state index contributed by atoms with van der Waals surface area (Å²) < 4.78 is 10.6. The summed E-state index contributed by atoms with van der Waals surface area (Å²) in [5, 5.41) is 18.8. The molecule has 2 saturated carbocycles. The summed E-state index contributed by atoms with van der Waals surface area (Å²) in [5.41, 5.74) is 9.04. The predicted octanol–water partition coefficient (Wildman–Crippen LogP) is 6.78. The van der Waals surface area contributed by atoms with Crippen molar-refractivity contribution in [1.82, 2.24) is 40.2 Å². The van der Waals surface area contributed by atoms with Crippen molar-refractivity contribution < 1.29 is 23.7 Å². The van der Waals surface area contributed by atoms with Crippen molar-refractivity contribution in [2.24, 2.45) is 17.6 Å². The molecule has 5 N–H and O–H groups in total. The molecule has 16 nitrogen and oxygen atoms in total. The zero-order valence-electron chi connectivity index (χ0n) is 32.3. The van der Waals surface area contributed by atoms with Gasteiger partial charge in [-0.25, -0.2) is 24.7 Å². The number of anilines is 2. The summed E-state index contributed by atoms with van der Waals surface area (Å²) in [6.45, 7) is 3.38. The van der Waals surface area contributed by atoms with Crippen LogP contribution in [0.25, 0.3) is 22.1 Å². The van der Waals surface area contributed by atoms with Crippen molar-refractivity contribution in [3.8, 4) is 0 Å². The van der Waals surface area contributed by atoms with Crippen LogP contribution in [-0.2, 0) is 25.9 Å².